The highest BCUT2D eigenvalue weighted by atomic mass is 19.3. The summed E-state index contributed by atoms with van der Waals surface area (Å²) >= 11 is 0. The monoisotopic (exact) mass is 549 g/mol. The first-order valence-electron chi connectivity index (χ1n) is 13.0. The Balaban J connectivity index is 1.44. The molecule has 2 heterocycles. The Hall–Kier alpha value is -4.14. The average Bonchev–Trinajstić information content (AvgIpc) is 3.64. The summed E-state index contributed by atoms with van der Waals surface area (Å²) in [6.45, 7) is 5.95. The van der Waals surface area contributed by atoms with Crippen LogP contribution in [-0.4, -0.2) is 35.9 Å². The van der Waals surface area contributed by atoms with Gasteiger partial charge in [-0.3, -0.25) is 14.6 Å². The molecular formula is C31H29F2NO6. The number of Topliss-reactive ketones (excluding diaryl/α,β-unsaturated/α-hetero) is 2. The fourth-order valence-corrected chi connectivity index (χ4v) is 4.95. The van der Waals surface area contributed by atoms with Crippen molar-refractivity contribution in [3.05, 3.63) is 77.0 Å². The molecule has 7 nitrogen and oxygen atoms in total. The van der Waals surface area contributed by atoms with Crippen LogP contribution in [0.1, 0.15) is 72.0 Å². The molecule has 1 aliphatic heterocycles. The molecule has 0 radical (unpaired) electrons. The largest absolute Gasteiger partial charge is 0.586 e. The van der Waals surface area contributed by atoms with Crippen LogP contribution >= 0.6 is 0 Å². The van der Waals surface area contributed by atoms with Crippen LogP contribution in [0.5, 0.6) is 11.5 Å². The van der Waals surface area contributed by atoms with E-state index in [2.05, 4.69) is 14.5 Å². The van der Waals surface area contributed by atoms with Crippen molar-refractivity contribution >= 4 is 17.5 Å². The van der Waals surface area contributed by atoms with E-state index in [0.717, 1.165) is 0 Å². The Bertz CT molecular complexity index is 1520. The van der Waals surface area contributed by atoms with E-state index in [1.54, 1.807) is 42.5 Å². The Labute approximate surface area is 230 Å². The van der Waals surface area contributed by atoms with Gasteiger partial charge in [0.2, 0.25) is 0 Å². The second kappa shape index (κ2) is 9.80. The Morgan fingerprint density at radius 1 is 0.975 bits per heavy atom. The van der Waals surface area contributed by atoms with Gasteiger partial charge in [-0.05, 0) is 54.2 Å². The summed E-state index contributed by atoms with van der Waals surface area (Å²) in [6, 6.07) is 14.5. The van der Waals surface area contributed by atoms with Gasteiger partial charge in [-0.15, -0.1) is 8.78 Å². The van der Waals surface area contributed by atoms with Gasteiger partial charge in [-0.1, -0.05) is 45.0 Å². The van der Waals surface area contributed by atoms with E-state index in [0.29, 0.717) is 47.3 Å². The predicted octanol–water partition coefficient (Wildman–Crippen LogP) is 6.32. The SMILES string of the molecule is COC(=O)c1ccc(CC(=O)C2(c3ccc4c(c3)OC(F)(F)O4)CC2)nc1-c1cccc(C(=O)CC(C)(C)C)c1. The lowest BCUT2D eigenvalue weighted by atomic mass is 9.87. The molecule has 0 spiro atoms. The number of nitrogens with zero attached hydrogens (tertiary/aromatic N) is 1. The summed E-state index contributed by atoms with van der Waals surface area (Å²) in [5.41, 5.74) is 1.53. The number of hydrogen-bond acceptors (Lipinski definition) is 7. The number of carbonyl (C=O) groups excluding carboxylic acids is 3. The quantitative estimate of drug-likeness (QED) is 0.240. The van der Waals surface area contributed by atoms with Crippen molar-refractivity contribution in [1.82, 2.24) is 4.98 Å². The second-order valence-electron chi connectivity index (χ2n) is 11.4. The van der Waals surface area contributed by atoms with Crippen molar-refractivity contribution in [2.24, 2.45) is 5.41 Å². The highest BCUT2D eigenvalue weighted by Crippen LogP contribution is 2.52. The van der Waals surface area contributed by atoms with Crippen LogP contribution in [0, 0.1) is 5.41 Å². The summed E-state index contributed by atoms with van der Waals surface area (Å²) < 4.78 is 41.0. The van der Waals surface area contributed by atoms with Gasteiger partial charge in [-0.2, -0.15) is 0 Å². The number of carbonyl (C=O) groups is 3. The van der Waals surface area contributed by atoms with Gasteiger partial charge in [-0.25, -0.2) is 4.79 Å². The minimum absolute atomic E-state index is 0.0301. The van der Waals surface area contributed by atoms with Gasteiger partial charge in [0.25, 0.3) is 0 Å². The summed E-state index contributed by atoms with van der Waals surface area (Å²) in [4.78, 5) is 43.6. The van der Waals surface area contributed by atoms with Crippen LogP contribution in [0.4, 0.5) is 8.78 Å². The molecule has 2 aromatic carbocycles. The molecule has 0 bridgehead atoms. The third-order valence-corrected chi connectivity index (χ3v) is 7.09. The zero-order valence-electron chi connectivity index (χ0n) is 22.7. The molecule has 0 unspecified atom stereocenters. The lowest BCUT2D eigenvalue weighted by Crippen LogP contribution is -2.26. The first-order valence-corrected chi connectivity index (χ1v) is 13.0. The molecule has 0 saturated heterocycles. The van der Waals surface area contributed by atoms with E-state index in [4.69, 9.17) is 4.74 Å². The molecule has 1 aromatic heterocycles. The van der Waals surface area contributed by atoms with Crippen molar-refractivity contribution in [2.45, 2.75) is 58.2 Å². The van der Waals surface area contributed by atoms with Crippen molar-refractivity contribution < 1.29 is 37.4 Å². The first-order chi connectivity index (χ1) is 18.8. The molecule has 1 aliphatic carbocycles. The van der Waals surface area contributed by atoms with Crippen molar-refractivity contribution in [2.75, 3.05) is 7.11 Å². The molecule has 1 saturated carbocycles. The number of hydrogen-bond donors (Lipinski definition) is 0. The van der Waals surface area contributed by atoms with Gasteiger partial charge in [0.1, 0.15) is 5.78 Å². The maximum atomic E-state index is 13.5. The number of ketones is 2. The normalized spacial score (nSPS) is 16.4. The molecule has 40 heavy (non-hydrogen) atoms. The summed E-state index contributed by atoms with van der Waals surface area (Å²) in [5.74, 6) is -0.938. The predicted molar refractivity (Wildman–Crippen MR) is 142 cm³/mol. The summed E-state index contributed by atoms with van der Waals surface area (Å²) in [5, 5.41) is 0. The smallest absolute Gasteiger partial charge is 0.465 e. The van der Waals surface area contributed by atoms with Crippen LogP contribution in [0.2, 0.25) is 0 Å². The minimum Gasteiger partial charge on any atom is -0.465 e. The second-order valence-corrected chi connectivity index (χ2v) is 11.4. The van der Waals surface area contributed by atoms with E-state index in [1.165, 1.54) is 19.2 Å². The van der Waals surface area contributed by atoms with E-state index < -0.39 is 17.7 Å². The van der Waals surface area contributed by atoms with Crippen molar-refractivity contribution in [1.29, 1.82) is 0 Å². The topological polar surface area (TPSA) is 91.8 Å². The van der Waals surface area contributed by atoms with E-state index in [1.807, 2.05) is 20.8 Å². The molecule has 0 amide bonds. The maximum Gasteiger partial charge on any atom is 0.586 e. The third kappa shape index (κ3) is 5.46. The number of fused-ring (bicyclic) bond motifs is 1. The number of benzene rings is 2. The van der Waals surface area contributed by atoms with Gasteiger partial charge < -0.3 is 14.2 Å². The number of alkyl halides is 2. The highest BCUT2D eigenvalue weighted by molar-refractivity contribution is 6.00. The minimum atomic E-state index is -3.74. The number of ether oxygens (including phenoxy) is 3. The van der Waals surface area contributed by atoms with E-state index >= 15 is 0 Å². The molecule has 9 heteroatoms. The first kappa shape index (κ1) is 27.4. The fraction of sp³-hybridized carbons (Fsp3) is 0.355. The van der Waals surface area contributed by atoms with Crippen LogP contribution in [0.3, 0.4) is 0 Å². The van der Waals surface area contributed by atoms with Crippen molar-refractivity contribution in [3.63, 3.8) is 0 Å². The van der Waals surface area contributed by atoms with E-state index in [9.17, 15) is 23.2 Å². The molecule has 0 atom stereocenters. The Morgan fingerprint density at radius 3 is 2.38 bits per heavy atom. The molecule has 3 aromatic rings. The van der Waals surface area contributed by atoms with Crippen LogP contribution in [0.25, 0.3) is 11.3 Å². The number of halogens is 2. The van der Waals surface area contributed by atoms with Gasteiger partial charge in [0.05, 0.1) is 23.8 Å². The average molecular weight is 550 g/mol. The van der Waals surface area contributed by atoms with Gasteiger partial charge in [0, 0.05) is 29.7 Å². The summed E-state index contributed by atoms with van der Waals surface area (Å²) in [6.07, 6.45) is -2.30. The number of pyridine rings is 1. The lowest BCUT2D eigenvalue weighted by molar-refractivity contribution is -0.286. The van der Waals surface area contributed by atoms with Gasteiger partial charge >= 0.3 is 12.3 Å². The number of methoxy groups -OCH3 is 1. The molecule has 1 fully saturated rings. The zero-order valence-corrected chi connectivity index (χ0v) is 22.7. The molecule has 0 N–H and O–H groups in total. The standard InChI is InChI=1S/C31H29F2NO6/c1-29(2,3)17-23(35)18-6-5-7-19(14-18)27-22(28(37)38-4)10-9-21(34-27)16-26(36)30(12-13-30)20-8-11-24-25(15-20)40-31(32,33)39-24/h5-11,14-15H,12-13,16-17H2,1-4H3. The molecule has 5 rings (SSSR count). The van der Waals surface area contributed by atoms with Crippen LogP contribution in [0.15, 0.2) is 54.6 Å². The van der Waals surface area contributed by atoms with E-state index in [-0.39, 0.29) is 40.5 Å². The molecular weight excluding hydrogens is 520 g/mol. The zero-order chi connectivity index (χ0) is 28.9. The lowest BCUT2D eigenvalue weighted by Gasteiger charge is -2.17. The molecule has 2 aliphatic rings. The number of rotatable bonds is 8. The summed E-state index contributed by atoms with van der Waals surface area (Å²) in [7, 11) is 1.27. The van der Waals surface area contributed by atoms with Gasteiger partial charge in [0.15, 0.2) is 17.3 Å². The Morgan fingerprint density at radius 2 is 1.70 bits per heavy atom. The van der Waals surface area contributed by atoms with Crippen LogP contribution < -0.4 is 9.47 Å². The van der Waals surface area contributed by atoms with Crippen molar-refractivity contribution in [3.8, 4) is 22.8 Å². The number of aromatic nitrogens is 1. The fourth-order valence-electron chi connectivity index (χ4n) is 4.95. The maximum absolute atomic E-state index is 13.5. The number of esters is 1. The third-order valence-electron chi connectivity index (χ3n) is 7.09. The van der Waals surface area contributed by atoms with Crippen LogP contribution in [-0.2, 0) is 21.4 Å². The highest BCUT2D eigenvalue weighted by Gasteiger charge is 2.52. The molecule has 208 valence electrons. The Kier molecular flexibility index (Phi) is 6.72.